The highest BCUT2D eigenvalue weighted by Crippen LogP contribution is 2.38. The van der Waals surface area contributed by atoms with E-state index in [0.29, 0.717) is 18.8 Å². The van der Waals surface area contributed by atoms with E-state index >= 15 is 0 Å². The molecule has 1 aromatic carbocycles. The Bertz CT molecular complexity index is 598. The first-order chi connectivity index (χ1) is 11.6. The second kappa shape index (κ2) is 7.60. The average molecular weight is 346 g/mol. The zero-order valence-corrected chi connectivity index (χ0v) is 15.3. The van der Waals surface area contributed by atoms with E-state index in [1.807, 2.05) is 16.7 Å². The number of carbonyl (C=O) groups excluding carboxylic acids is 2. The lowest BCUT2D eigenvalue weighted by Crippen LogP contribution is -2.43. The van der Waals surface area contributed by atoms with Crippen molar-refractivity contribution in [1.82, 2.24) is 9.80 Å². The third-order valence-electron chi connectivity index (χ3n) is 5.09. The van der Waals surface area contributed by atoms with Crippen LogP contribution in [0.3, 0.4) is 0 Å². The largest absolute Gasteiger partial charge is 0.341 e. The normalized spacial score (nSPS) is 21.0. The Morgan fingerprint density at radius 2 is 2.00 bits per heavy atom. The smallest absolute Gasteiger partial charge is 0.233 e. The predicted molar refractivity (Wildman–Crippen MR) is 97.7 cm³/mol. The molecule has 1 heterocycles. The molecule has 0 bridgehead atoms. The summed E-state index contributed by atoms with van der Waals surface area (Å²) in [5, 5.41) is 0.0793. The molecule has 1 aliphatic heterocycles. The lowest BCUT2D eigenvalue weighted by atomic mass is 9.84. The number of benzene rings is 1. The number of hydrogen-bond acceptors (Lipinski definition) is 3. The number of likely N-dealkylation sites (N-methyl/N-ethyl adjacent to an activating group) is 1. The maximum Gasteiger partial charge on any atom is 0.233 e. The molecule has 0 N–H and O–H groups in total. The van der Waals surface area contributed by atoms with Crippen LogP contribution in [0.5, 0.6) is 0 Å². The lowest BCUT2D eigenvalue weighted by molar-refractivity contribution is -0.139. The van der Waals surface area contributed by atoms with Crippen molar-refractivity contribution in [3.63, 3.8) is 0 Å². The quantitative estimate of drug-likeness (QED) is 0.794. The number of amides is 2. The topological polar surface area (TPSA) is 40.6 Å². The predicted octanol–water partition coefficient (Wildman–Crippen LogP) is 3.22. The summed E-state index contributed by atoms with van der Waals surface area (Å²) in [6.07, 6.45) is 3.23. The van der Waals surface area contributed by atoms with Crippen LogP contribution < -0.4 is 0 Å². The van der Waals surface area contributed by atoms with E-state index in [4.69, 9.17) is 0 Å². The van der Waals surface area contributed by atoms with Crippen LogP contribution in [0, 0.1) is 12.8 Å². The Morgan fingerprint density at radius 3 is 2.58 bits per heavy atom. The lowest BCUT2D eigenvalue weighted by Gasteiger charge is -2.33. The molecule has 0 spiro atoms. The van der Waals surface area contributed by atoms with Crippen LogP contribution in [0.4, 0.5) is 0 Å². The van der Waals surface area contributed by atoms with Crippen molar-refractivity contribution in [3.05, 3.63) is 35.4 Å². The molecule has 0 radical (unpaired) electrons. The second-order valence-corrected chi connectivity index (χ2v) is 7.78. The molecule has 2 fully saturated rings. The third kappa shape index (κ3) is 3.61. The van der Waals surface area contributed by atoms with Crippen molar-refractivity contribution < 1.29 is 9.59 Å². The van der Waals surface area contributed by atoms with Crippen molar-refractivity contribution in [3.8, 4) is 0 Å². The highest BCUT2D eigenvalue weighted by Gasteiger charge is 2.34. The first-order valence-electron chi connectivity index (χ1n) is 8.86. The van der Waals surface area contributed by atoms with Crippen molar-refractivity contribution in [2.75, 3.05) is 25.4 Å². The summed E-state index contributed by atoms with van der Waals surface area (Å²) in [6, 6.07) is 8.40. The summed E-state index contributed by atoms with van der Waals surface area (Å²) in [4.78, 5) is 28.6. The van der Waals surface area contributed by atoms with Gasteiger partial charge in [0.05, 0.1) is 5.75 Å². The fourth-order valence-corrected chi connectivity index (χ4v) is 4.49. The SMILES string of the molecule is CCN(CCN1C(=O)CS[C@H]1c1ccc(C)cc1)C(=O)C1CCC1. The summed E-state index contributed by atoms with van der Waals surface area (Å²) < 4.78 is 0. The van der Waals surface area contributed by atoms with Crippen LogP contribution in [0.25, 0.3) is 0 Å². The van der Waals surface area contributed by atoms with Gasteiger partial charge in [-0.2, -0.15) is 0 Å². The molecule has 1 atom stereocenters. The summed E-state index contributed by atoms with van der Waals surface area (Å²) in [5.74, 6) is 1.20. The van der Waals surface area contributed by atoms with Gasteiger partial charge in [0.1, 0.15) is 5.37 Å². The molecule has 1 aromatic rings. The average Bonchev–Trinajstić information content (AvgIpc) is 2.88. The Labute approximate surface area is 148 Å². The monoisotopic (exact) mass is 346 g/mol. The summed E-state index contributed by atoms with van der Waals surface area (Å²) in [7, 11) is 0. The van der Waals surface area contributed by atoms with Gasteiger partial charge in [0.2, 0.25) is 11.8 Å². The van der Waals surface area contributed by atoms with E-state index in [-0.39, 0.29) is 23.1 Å². The van der Waals surface area contributed by atoms with Gasteiger partial charge >= 0.3 is 0 Å². The molecule has 1 saturated carbocycles. The maximum atomic E-state index is 12.4. The van der Waals surface area contributed by atoms with Gasteiger partial charge in [-0.1, -0.05) is 36.2 Å². The molecule has 2 amide bonds. The Kier molecular flexibility index (Phi) is 5.49. The van der Waals surface area contributed by atoms with E-state index in [1.54, 1.807) is 11.8 Å². The number of carbonyl (C=O) groups is 2. The molecule has 1 saturated heterocycles. The van der Waals surface area contributed by atoms with E-state index in [9.17, 15) is 9.59 Å². The van der Waals surface area contributed by atoms with Gasteiger partial charge in [-0.3, -0.25) is 9.59 Å². The molecule has 0 aromatic heterocycles. The Morgan fingerprint density at radius 1 is 1.29 bits per heavy atom. The summed E-state index contributed by atoms with van der Waals surface area (Å²) >= 11 is 1.68. The maximum absolute atomic E-state index is 12.4. The third-order valence-corrected chi connectivity index (χ3v) is 6.35. The molecule has 24 heavy (non-hydrogen) atoms. The van der Waals surface area contributed by atoms with Crippen LogP contribution in [0.2, 0.25) is 0 Å². The molecular weight excluding hydrogens is 320 g/mol. The van der Waals surface area contributed by atoms with Crippen molar-refractivity contribution in [2.45, 2.75) is 38.5 Å². The molecule has 0 unspecified atom stereocenters. The zero-order valence-electron chi connectivity index (χ0n) is 14.5. The first-order valence-corrected chi connectivity index (χ1v) is 9.91. The summed E-state index contributed by atoms with van der Waals surface area (Å²) in [6.45, 7) is 6.07. The Hall–Kier alpha value is -1.49. The Balaban J connectivity index is 1.63. The van der Waals surface area contributed by atoms with Gasteiger partial charge < -0.3 is 9.80 Å². The van der Waals surface area contributed by atoms with Crippen LogP contribution in [0.1, 0.15) is 42.7 Å². The van der Waals surface area contributed by atoms with Crippen molar-refractivity contribution in [2.24, 2.45) is 5.92 Å². The van der Waals surface area contributed by atoms with Gasteiger partial charge in [0.15, 0.2) is 0 Å². The fraction of sp³-hybridized carbons (Fsp3) is 0.579. The van der Waals surface area contributed by atoms with E-state index < -0.39 is 0 Å². The minimum Gasteiger partial charge on any atom is -0.341 e. The minimum atomic E-state index is 0.0793. The number of hydrogen-bond donors (Lipinski definition) is 0. The standard InChI is InChI=1S/C19H26N2O2S/c1-3-20(18(23)15-5-4-6-15)11-12-21-17(22)13-24-19(21)16-9-7-14(2)8-10-16/h7-10,15,19H,3-6,11-13H2,1-2H3/t19-/m0/s1. The van der Waals surface area contributed by atoms with Crippen LogP contribution in [-0.2, 0) is 9.59 Å². The molecule has 130 valence electrons. The highest BCUT2D eigenvalue weighted by molar-refractivity contribution is 8.00. The molecule has 2 aliphatic rings. The van der Waals surface area contributed by atoms with Crippen molar-refractivity contribution in [1.29, 1.82) is 0 Å². The van der Waals surface area contributed by atoms with Crippen LogP contribution in [0.15, 0.2) is 24.3 Å². The second-order valence-electron chi connectivity index (χ2n) is 6.71. The zero-order chi connectivity index (χ0) is 17.1. The van der Waals surface area contributed by atoms with E-state index in [0.717, 1.165) is 19.4 Å². The van der Waals surface area contributed by atoms with E-state index in [2.05, 4.69) is 31.2 Å². The van der Waals surface area contributed by atoms with Gasteiger partial charge in [-0.15, -0.1) is 11.8 Å². The molecule has 1 aliphatic carbocycles. The van der Waals surface area contributed by atoms with E-state index in [1.165, 1.54) is 17.5 Å². The summed E-state index contributed by atoms with van der Waals surface area (Å²) in [5.41, 5.74) is 2.40. The number of rotatable bonds is 6. The molecular formula is C19H26N2O2S. The first kappa shape index (κ1) is 17.3. The highest BCUT2D eigenvalue weighted by atomic mass is 32.2. The van der Waals surface area contributed by atoms with Crippen LogP contribution in [-0.4, -0.2) is 47.0 Å². The minimum absolute atomic E-state index is 0.0793. The number of thioether (sulfide) groups is 1. The fourth-order valence-electron chi connectivity index (χ4n) is 3.27. The van der Waals surface area contributed by atoms with Crippen molar-refractivity contribution >= 4 is 23.6 Å². The molecule has 5 heteroatoms. The van der Waals surface area contributed by atoms with Gasteiger partial charge in [0.25, 0.3) is 0 Å². The molecule has 3 rings (SSSR count). The van der Waals surface area contributed by atoms with Crippen LogP contribution >= 0.6 is 11.8 Å². The van der Waals surface area contributed by atoms with Gasteiger partial charge in [-0.05, 0) is 32.3 Å². The van der Waals surface area contributed by atoms with Gasteiger partial charge in [-0.25, -0.2) is 0 Å². The van der Waals surface area contributed by atoms with Gasteiger partial charge in [0, 0.05) is 25.6 Å². The molecule has 4 nitrogen and oxygen atoms in total. The number of aryl methyl sites for hydroxylation is 1. The number of nitrogens with zero attached hydrogens (tertiary/aromatic N) is 2.